The van der Waals surface area contributed by atoms with Crippen molar-refractivity contribution in [2.24, 2.45) is 5.92 Å². The van der Waals surface area contributed by atoms with Crippen molar-refractivity contribution in [3.05, 3.63) is 12.7 Å². The van der Waals surface area contributed by atoms with Gasteiger partial charge in [0.05, 0.1) is 6.10 Å². The molecule has 0 heterocycles. The highest BCUT2D eigenvalue weighted by atomic mass is 16.7. The highest BCUT2D eigenvalue weighted by molar-refractivity contribution is 4.83. The van der Waals surface area contributed by atoms with E-state index in [9.17, 15) is 0 Å². The van der Waals surface area contributed by atoms with Crippen molar-refractivity contribution in [1.29, 1.82) is 0 Å². The molecule has 78 valence electrons. The van der Waals surface area contributed by atoms with E-state index >= 15 is 0 Å². The fourth-order valence-electron chi connectivity index (χ4n) is 1.28. The van der Waals surface area contributed by atoms with Gasteiger partial charge in [0.2, 0.25) is 0 Å². The lowest BCUT2D eigenvalue weighted by atomic mass is 9.97. The Labute approximate surface area is 81.9 Å². The second-order valence-corrected chi connectivity index (χ2v) is 3.32. The minimum atomic E-state index is 0.212. The van der Waals surface area contributed by atoms with Crippen LogP contribution in [-0.2, 0) is 9.47 Å². The van der Waals surface area contributed by atoms with Crippen LogP contribution in [0.3, 0.4) is 0 Å². The van der Waals surface area contributed by atoms with Crippen molar-refractivity contribution in [1.82, 2.24) is 0 Å². The van der Waals surface area contributed by atoms with Gasteiger partial charge in [-0.05, 0) is 13.3 Å². The molecule has 0 aromatic heterocycles. The van der Waals surface area contributed by atoms with Gasteiger partial charge in [0.1, 0.15) is 6.79 Å². The normalized spacial score (nSPS) is 15.3. The third kappa shape index (κ3) is 5.83. The molecule has 2 atom stereocenters. The molecule has 0 aromatic carbocycles. The molecule has 0 bridgehead atoms. The first-order valence-electron chi connectivity index (χ1n) is 4.99. The molecular weight excluding hydrogens is 164 g/mol. The fraction of sp³-hybridized carbons (Fsp3) is 0.818. The van der Waals surface area contributed by atoms with E-state index in [1.165, 1.54) is 12.8 Å². The van der Waals surface area contributed by atoms with Gasteiger partial charge in [-0.1, -0.05) is 25.8 Å². The Kier molecular flexibility index (Phi) is 8.05. The summed E-state index contributed by atoms with van der Waals surface area (Å²) in [5.74, 6) is 0.454. The molecule has 2 nitrogen and oxygen atoms in total. The van der Waals surface area contributed by atoms with Crippen LogP contribution in [0.4, 0.5) is 0 Å². The predicted molar refractivity (Wildman–Crippen MR) is 55.6 cm³/mol. The average Bonchev–Trinajstić information content (AvgIpc) is 2.16. The van der Waals surface area contributed by atoms with E-state index < -0.39 is 0 Å². The van der Waals surface area contributed by atoms with Gasteiger partial charge in [-0.15, -0.1) is 6.58 Å². The van der Waals surface area contributed by atoms with Crippen molar-refractivity contribution >= 4 is 0 Å². The van der Waals surface area contributed by atoms with Gasteiger partial charge in [0, 0.05) is 13.0 Å². The summed E-state index contributed by atoms with van der Waals surface area (Å²) in [6.45, 7) is 8.46. The minimum absolute atomic E-state index is 0.212. The fourth-order valence-corrected chi connectivity index (χ4v) is 1.28. The van der Waals surface area contributed by atoms with Crippen LogP contribution < -0.4 is 0 Å². The monoisotopic (exact) mass is 186 g/mol. The van der Waals surface area contributed by atoms with Gasteiger partial charge in [-0.2, -0.15) is 0 Å². The maximum atomic E-state index is 5.45. The average molecular weight is 186 g/mol. The van der Waals surface area contributed by atoms with E-state index in [0.717, 1.165) is 6.42 Å². The summed E-state index contributed by atoms with van der Waals surface area (Å²) in [5, 5.41) is 0. The number of ether oxygens (including phenoxy) is 2. The number of rotatable bonds is 8. The lowest BCUT2D eigenvalue weighted by Crippen LogP contribution is -2.20. The zero-order valence-corrected chi connectivity index (χ0v) is 9.08. The number of unbranched alkanes of at least 4 members (excludes halogenated alkanes) is 1. The number of hydrogen-bond acceptors (Lipinski definition) is 2. The molecule has 0 aliphatic carbocycles. The second-order valence-electron chi connectivity index (χ2n) is 3.32. The summed E-state index contributed by atoms with van der Waals surface area (Å²) in [6.07, 6.45) is 5.81. The van der Waals surface area contributed by atoms with Gasteiger partial charge in [-0.3, -0.25) is 0 Å². The van der Waals surface area contributed by atoms with E-state index in [2.05, 4.69) is 20.4 Å². The molecule has 13 heavy (non-hydrogen) atoms. The molecule has 0 N–H and O–H groups in total. The maximum absolute atomic E-state index is 5.45. The first-order valence-corrected chi connectivity index (χ1v) is 4.99. The third-order valence-corrected chi connectivity index (χ3v) is 2.25. The maximum Gasteiger partial charge on any atom is 0.146 e. The molecule has 0 unspecified atom stereocenters. The van der Waals surface area contributed by atoms with Crippen molar-refractivity contribution in [2.75, 3.05) is 13.9 Å². The summed E-state index contributed by atoms with van der Waals surface area (Å²) in [6, 6.07) is 0. The summed E-state index contributed by atoms with van der Waals surface area (Å²) < 4.78 is 10.3. The van der Waals surface area contributed by atoms with Crippen LogP contribution >= 0.6 is 0 Å². The molecule has 0 spiro atoms. The Hall–Kier alpha value is -0.340. The highest BCUT2D eigenvalue weighted by Crippen LogP contribution is 2.16. The largest absolute Gasteiger partial charge is 0.359 e. The van der Waals surface area contributed by atoms with Crippen LogP contribution in [-0.4, -0.2) is 20.0 Å². The van der Waals surface area contributed by atoms with Gasteiger partial charge >= 0.3 is 0 Å². The predicted octanol–water partition coefficient (Wildman–Crippen LogP) is 2.99. The van der Waals surface area contributed by atoms with Crippen LogP contribution in [0.1, 0.15) is 33.1 Å². The van der Waals surface area contributed by atoms with Gasteiger partial charge < -0.3 is 9.47 Å². The Balaban J connectivity index is 3.70. The third-order valence-electron chi connectivity index (χ3n) is 2.25. The standard InChI is InChI=1S/C11H22O2/c1-5-7-8-11(6-2)10(3)13-9-12-4/h6,10-11H,2,5,7-9H2,1,3-4H3/t10-,11-/m1/s1. The van der Waals surface area contributed by atoms with Crippen molar-refractivity contribution in [3.8, 4) is 0 Å². The first kappa shape index (κ1) is 12.7. The summed E-state index contributed by atoms with van der Waals surface area (Å²) in [7, 11) is 1.64. The summed E-state index contributed by atoms with van der Waals surface area (Å²) >= 11 is 0. The molecule has 0 aliphatic heterocycles. The Bertz CT molecular complexity index is 123. The van der Waals surface area contributed by atoms with Gasteiger partial charge in [-0.25, -0.2) is 0 Å². The molecule has 0 saturated heterocycles. The number of methoxy groups -OCH3 is 1. The number of hydrogen-bond donors (Lipinski definition) is 0. The Morgan fingerprint density at radius 1 is 1.46 bits per heavy atom. The van der Waals surface area contributed by atoms with Gasteiger partial charge in [0.25, 0.3) is 0 Å². The van der Waals surface area contributed by atoms with Gasteiger partial charge in [0.15, 0.2) is 0 Å². The van der Waals surface area contributed by atoms with Crippen LogP contribution in [0, 0.1) is 5.92 Å². The summed E-state index contributed by atoms with van der Waals surface area (Å²) in [5.41, 5.74) is 0. The van der Waals surface area contributed by atoms with E-state index in [0.29, 0.717) is 12.7 Å². The Morgan fingerprint density at radius 3 is 2.62 bits per heavy atom. The van der Waals surface area contributed by atoms with Crippen LogP contribution in [0.15, 0.2) is 12.7 Å². The van der Waals surface area contributed by atoms with E-state index in [4.69, 9.17) is 9.47 Å². The van der Waals surface area contributed by atoms with Crippen LogP contribution in [0.5, 0.6) is 0 Å². The molecular formula is C11H22O2. The lowest BCUT2D eigenvalue weighted by molar-refractivity contribution is -0.0787. The molecule has 0 amide bonds. The molecule has 0 radical (unpaired) electrons. The molecule has 0 saturated carbocycles. The smallest absolute Gasteiger partial charge is 0.146 e. The van der Waals surface area contributed by atoms with Crippen molar-refractivity contribution in [3.63, 3.8) is 0 Å². The zero-order chi connectivity index (χ0) is 10.1. The van der Waals surface area contributed by atoms with E-state index in [-0.39, 0.29) is 6.10 Å². The second kappa shape index (κ2) is 8.27. The van der Waals surface area contributed by atoms with Crippen molar-refractivity contribution < 1.29 is 9.47 Å². The summed E-state index contributed by atoms with van der Waals surface area (Å²) in [4.78, 5) is 0. The topological polar surface area (TPSA) is 18.5 Å². The SMILES string of the molecule is C=C[C@H](CCCC)[C@@H](C)OCOC. The molecule has 0 rings (SSSR count). The molecule has 2 heteroatoms. The minimum Gasteiger partial charge on any atom is -0.359 e. The van der Waals surface area contributed by atoms with Crippen molar-refractivity contribution in [2.45, 2.75) is 39.2 Å². The molecule has 0 fully saturated rings. The van der Waals surface area contributed by atoms with Crippen LogP contribution in [0.2, 0.25) is 0 Å². The van der Waals surface area contributed by atoms with Crippen LogP contribution in [0.25, 0.3) is 0 Å². The molecule has 0 aliphatic rings. The van der Waals surface area contributed by atoms with E-state index in [1.54, 1.807) is 7.11 Å². The highest BCUT2D eigenvalue weighted by Gasteiger charge is 2.13. The van der Waals surface area contributed by atoms with E-state index in [1.807, 2.05) is 6.08 Å². The molecule has 0 aromatic rings. The Morgan fingerprint density at radius 2 is 2.15 bits per heavy atom. The quantitative estimate of drug-likeness (QED) is 0.428. The zero-order valence-electron chi connectivity index (χ0n) is 9.08. The first-order chi connectivity index (χ1) is 6.26. The lowest BCUT2D eigenvalue weighted by Gasteiger charge is -2.20.